The van der Waals surface area contributed by atoms with Crippen LogP contribution in [0, 0.1) is 11.8 Å². The summed E-state index contributed by atoms with van der Waals surface area (Å²) >= 11 is 0. The Labute approximate surface area is 164 Å². The SMILES string of the molecule is O=C(NC[C@@H]1CN2CCC1CC2)c1n[nH]c2ccc(OC(F)(F)F)cc12.O=CO. The number of rotatable bonds is 4. The van der Waals surface area contributed by atoms with E-state index in [9.17, 15) is 18.0 Å². The van der Waals surface area contributed by atoms with Crippen molar-refractivity contribution in [1.29, 1.82) is 0 Å². The Morgan fingerprint density at radius 2 is 2.07 bits per heavy atom. The number of amides is 1. The molecule has 11 heteroatoms. The molecule has 3 aliphatic heterocycles. The Bertz CT molecular complexity index is 862. The van der Waals surface area contributed by atoms with Gasteiger partial charge in [-0.25, -0.2) is 0 Å². The molecule has 29 heavy (non-hydrogen) atoms. The van der Waals surface area contributed by atoms with Crippen molar-refractivity contribution in [3.05, 3.63) is 23.9 Å². The highest BCUT2D eigenvalue weighted by atomic mass is 19.4. The molecule has 1 atom stereocenters. The number of aromatic amines is 1. The fraction of sp³-hybridized carbons (Fsp3) is 0.500. The van der Waals surface area contributed by atoms with Crippen molar-refractivity contribution in [3.8, 4) is 5.75 Å². The maximum atomic E-state index is 12.5. The lowest BCUT2D eigenvalue weighted by atomic mass is 9.79. The van der Waals surface area contributed by atoms with Gasteiger partial charge in [-0.05, 0) is 56.0 Å². The van der Waals surface area contributed by atoms with E-state index in [0.29, 0.717) is 29.3 Å². The molecule has 2 bridgehead atoms. The smallest absolute Gasteiger partial charge is 0.483 e. The van der Waals surface area contributed by atoms with Gasteiger partial charge in [0.15, 0.2) is 5.69 Å². The lowest BCUT2D eigenvalue weighted by Crippen LogP contribution is -2.50. The first kappa shape index (κ1) is 20.9. The van der Waals surface area contributed by atoms with Gasteiger partial charge < -0.3 is 20.1 Å². The summed E-state index contributed by atoms with van der Waals surface area (Å²) in [6.45, 7) is 3.53. The average Bonchev–Trinajstić information content (AvgIpc) is 3.10. The van der Waals surface area contributed by atoms with Crippen molar-refractivity contribution in [2.75, 3.05) is 26.2 Å². The summed E-state index contributed by atoms with van der Waals surface area (Å²) in [5.74, 6) is 0.272. The largest absolute Gasteiger partial charge is 0.573 e. The highest BCUT2D eigenvalue weighted by Crippen LogP contribution is 2.32. The van der Waals surface area contributed by atoms with Gasteiger partial charge in [0.2, 0.25) is 0 Å². The number of carbonyl (C=O) groups is 2. The first-order chi connectivity index (χ1) is 13.8. The molecule has 3 aliphatic rings. The maximum absolute atomic E-state index is 12.5. The number of hydrogen-bond acceptors (Lipinski definition) is 5. The number of aromatic nitrogens is 2. The van der Waals surface area contributed by atoms with E-state index < -0.39 is 12.3 Å². The van der Waals surface area contributed by atoms with E-state index in [1.165, 1.54) is 18.2 Å². The van der Waals surface area contributed by atoms with E-state index in [0.717, 1.165) is 32.5 Å². The summed E-state index contributed by atoms with van der Waals surface area (Å²) in [4.78, 5) is 23.3. The third-order valence-electron chi connectivity index (χ3n) is 5.30. The van der Waals surface area contributed by atoms with Crippen LogP contribution in [0.1, 0.15) is 23.3 Å². The van der Waals surface area contributed by atoms with Crippen LogP contribution in [0.2, 0.25) is 0 Å². The molecule has 1 aromatic heterocycles. The van der Waals surface area contributed by atoms with Gasteiger partial charge in [0, 0.05) is 18.5 Å². The number of carboxylic acid groups (broad SMARTS) is 1. The number of hydrogen-bond donors (Lipinski definition) is 3. The lowest BCUT2D eigenvalue weighted by molar-refractivity contribution is -0.274. The van der Waals surface area contributed by atoms with Crippen molar-refractivity contribution in [2.24, 2.45) is 11.8 Å². The van der Waals surface area contributed by atoms with Crippen molar-refractivity contribution < 1.29 is 32.6 Å². The second-order valence-electron chi connectivity index (χ2n) is 7.04. The molecule has 0 unspecified atom stereocenters. The minimum atomic E-state index is -4.78. The predicted molar refractivity (Wildman–Crippen MR) is 96.5 cm³/mol. The van der Waals surface area contributed by atoms with Crippen LogP contribution in [-0.2, 0) is 4.79 Å². The van der Waals surface area contributed by atoms with E-state index >= 15 is 0 Å². The number of nitrogens with zero attached hydrogens (tertiary/aromatic N) is 2. The molecule has 0 radical (unpaired) electrons. The zero-order chi connectivity index (χ0) is 21.0. The standard InChI is InChI=1S/C17H19F3N4O2.CH2O2/c18-17(19,20)26-12-1-2-14-13(7-12)15(23-22-14)16(25)21-8-11-9-24-5-3-10(11)4-6-24;2-1-3/h1-2,7,10-11H,3-6,8-9H2,(H,21,25)(H,22,23);1H,(H,2,3)/t11-;/m1./s1. The Morgan fingerprint density at radius 3 is 2.66 bits per heavy atom. The van der Waals surface area contributed by atoms with Gasteiger partial charge in [0.25, 0.3) is 12.4 Å². The van der Waals surface area contributed by atoms with Crippen LogP contribution in [0.15, 0.2) is 18.2 Å². The lowest BCUT2D eigenvalue weighted by Gasteiger charge is -2.44. The van der Waals surface area contributed by atoms with Crippen molar-refractivity contribution in [1.82, 2.24) is 20.4 Å². The number of ether oxygens (including phenoxy) is 1. The number of alkyl halides is 3. The highest BCUT2D eigenvalue weighted by Gasteiger charge is 2.34. The number of nitrogens with one attached hydrogen (secondary N) is 2. The molecule has 8 nitrogen and oxygen atoms in total. The fourth-order valence-electron chi connectivity index (χ4n) is 3.99. The van der Waals surface area contributed by atoms with Crippen LogP contribution < -0.4 is 10.1 Å². The quantitative estimate of drug-likeness (QED) is 0.663. The molecule has 158 valence electrons. The summed E-state index contributed by atoms with van der Waals surface area (Å²) in [6.07, 6.45) is -2.47. The molecule has 3 saturated heterocycles. The van der Waals surface area contributed by atoms with E-state index in [1.54, 1.807) is 0 Å². The molecule has 0 saturated carbocycles. The Kier molecular flexibility index (Phi) is 6.26. The van der Waals surface area contributed by atoms with Crippen LogP contribution >= 0.6 is 0 Å². The third kappa shape index (κ3) is 5.17. The first-order valence-electron chi connectivity index (χ1n) is 9.13. The Hall–Kier alpha value is -2.82. The molecule has 1 amide bonds. The van der Waals surface area contributed by atoms with Crippen molar-refractivity contribution in [3.63, 3.8) is 0 Å². The molecule has 2 aromatic rings. The van der Waals surface area contributed by atoms with Crippen molar-refractivity contribution >= 4 is 23.3 Å². The van der Waals surface area contributed by atoms with Crippen LogP contribution in [-0.4, -0.2) is 65.1 Å². The van der Waals surface area contributed by atoms with Crippen molar-refractivity contribution in [2.45, 2.75) is 19.2 Å². The topological polar surface area (TPSA) is 108 Å². The Balaban J connectivity index is 0.000000755. The molecule has 4 heterocycles. The summed E-state index contributed by atoms with van der Waals surface area (Å²) in [6, 6.07) is 3.77. The van der Waals surface area contributed by atoms with Gasteiger partial charge in [0.1, 0.15) is 5.75 Å². The zero-order valence-corrected chi connectivity index (χ0v) is 15.4. The minimum Gasteiger partial charge on any atom is -0.483 e. The molecule has 1 aromatic carbocycles. The van der Waals surface area contributed by atoms with Crippen LogP contribution in [0.5, 0.6) is 5.75 Å². The number of halogens is 3. The summed E-state index contributed by atoms with van der Waals surface area (Å²) < 4.78 is 41.1. The van der Waals surface area contributed by atoms with E-state index in [1.807, 2.05) is 0 Å². The fourth-order valence-corrected chi connectivity index (χ4v) is 3.99. The minimum absolute atomic E-state index is 0.0777. The molecule has 0 spiro atoms. The molecule has 3 N–H and O–H groups in total. The number of fused-ring (bicyclic) bond motifs is 4. The van der Waals surface area contributed by atoms with E-state index in [-0.39, 0.29) is 17.9 Å². The first-order valence-corrected chi connectivity index (χ1v) is 9.13. The van der Waals surface area contributed by atoms with Gasteiger partial charge in [-0.1, -0.05) is 0 Å². The second-order valence-corrected chi connectivity index (χ2v) is 7.04. The number of piperidine rings is 3. The zero-order valence-electron chi connectivity index (χ0n) is 15.4. The molecule has 3 fully saturated rings. The molecule has 0 aliphatic carbocycles. The molecule has 5 rings (SSSR count). The highest BCUT2D eigenvalue weighted by molar-refractivity contribution is 6.05. The summed E-state index contributed by atoms with van der Waals surface area (Å²) in [5.41, 5.74) is 0.557. The number of carbonyl (C=O) groups excluding carboxylic acids is 1. The van der Waals surface area contributed by atoms with Gasteiger partial charge in [-0.15, -0.1) is 13.2 Å². The van der Waals surface area contributed by atoms with Gasteiger partial charge >= 0.3 is 6.36 Å². The van der Waals surface area contributed by atoms with Crippen LogP contribution in [0.3, 0.4) is 0 Å². The van der Waals surface area contributed by atoms with E-state index in [4.69, 9.17) is 9.90 Å². The molecular weight excluding hydrogens is 393 g/mol. The van der Waals surface area contributed by atoms with Gasteiger partial charge in [-0.3, -0.25) is 14.7 Å². The number of benzene rings is 1. The van der Waals surface area contributed by atoms with Gasteiger partial charge in [-0.2, -0.15) is 5.10 Å². The summed E-state index contributed by atoms with van der Waals surface area (Å²) in [7, 11) is 0. The monoisotopic (exact) mass is 414 g/mol. The number of H-pyrrole nitrogens is 1. The maximum Gasteiger partial charge on any atom is 0.573 e. The average molecular weight is 414 g/mol. The Morgan fingerprint density at radius 1 is 1.38 bits per heavy atom. The van der Waals surface area contributed by atoms with Crippen LogP contribution in [0.4, 0.5) is 13.2 Å². The summed E-state index contributed by atoms with van der Waals surface area (Å²) in [5, 5.41) is 16.7. The second kappa shape index (κ2) is 8.68. The molecular formula is C18H21F3N4O4. The van der Waals surface area contributed by atoms with Crippen LogP contribution in [0.25, 0.3) is 10.9 Å². The van der Waals surface area contributed by atoms with E-state index in [2.05, 4.69) is 25.2 Å². The normalized spacial score (nSPS) is 23.2. The van der Waals surface area contributed by atoms with Gasteiger partial charge in [0.05, 0.1) is 5.52 Å². The predicted octanol–water partition coefficient (Wildman–Crippen LogP) is 2.23. The third-order valence-corrected chi connectivity index (χ3v) is 5.30.